The minimum atomic E-state index is 0.248. The van der Waals surface area contributed by atoms with Crippen LogP contribution in [0.3, 0.4) is 0 Å². The highest BCUT2D eigenvalue weighted by Gasteiger charge is 2.07. The SMILES string of the molecule is CC(C/C=C1/C=CC(=O)CC1)c1ccccc1. The van der Waals surface area contributed by atoms with E-state index in [1.807, 2.05) is 12.1 Å². The summed E-state index contributed by atoms with van der Waals surface area (Å²) in [5.41, 5.74) is 2.67. The second kappa shape index (κ2) is 5.62. The summed E-state index contributed by atoms with van der Waals surface area (Å²) in [6, 6.07) is 10.5. The molecule has 0 radical (unpaired) electrons. The summed E-state index contributed by atoms with van der Waals surface area (Å²) in [6.45, 7) is 2.24. The van der Waals surface area contributed by atoms with Gasteiger partial charge in [-0.1, -0.05) is 55.0 Å². The van der Waals surface area contributed by atoms with Crippen LogP contribution in [0.1, 0.15) is 37.7 Å². The van der Waals surface area contributed by atoms with Gasteiger partial charge in [0.25, 0.3) is 0 Å². The van der Waals surface area contributed by atoms with Crippen molar-refractivity contribution < 1.29 is 4.79 Å². The third-order valence-electron chi connectivity index (χ3n) is 3.25. The van der Waals surface area contributed by atoms with Crippen LogP contribution in [-0.2, 0) is 4.79 Å². The Morgan fingerprint density at radius 2 is 1.94 bits per heavy atom. The van der Waals surface area contributed by atoms with Gasteiger partial charge in [0.05, 0.1) is 0 Å². The Kier molecular flexibility index (Phi) is 3.92. The van der Waals surface area contributed by atoms with E-state index in [0.29, 0.717) is 12.3 Å². The second-order valence-corrected chi connectivity index (χ2v) is 4.63. The van der Waals surface area contributed by atoms with E-state index in [1.54, 1.807) is 6.08 Å². The van der Waals surface area contributed by atoms with Crippen LogP contribution >= 0.6 is 0 Å². The van der Waals surface area contributed by atoms with Crippen molar-refractivity contribution in [2.45, 2.75) is 32.1 Å². The quantitative estimate of drug-likeness (QED) is 0.760. The highest BCUT2D eigenvalue weighted by Crippen LogP contribution is 2.22. The molecule has 1 aliphatic carbocycles. The van der Waals surface area contributed by atoms with Crippen LogP contribution in [0.4, 0.5) is 0 Å². The molecule has 1 unspecified atom stereocenters. The van der Waals surface area contributed by atoms with E-state index in [0.717, 1.165) is 12.8 Å². The second-order valence-electron chi connectivity index (χ2n) is 4.63. The van der Waals surface area contributed by atoms with Gasteiger partial charge in [-0.15, -0.1) is 0 Å². The lowest BCUT2D eigenvalue weighted by molar-refractivity contribution is -0.114. The Bertz CT molecular complexity index is 440. The fourth-order valence-corrected chi connectivity index (χ4v) is 2.05. The molecule has 0 bridgehead atoms. The predicted molar refractivity (Wildman–Crippen MR) is 70.9 cm³/mol. The van der Waals surface area contributed by atoms with Crippen LogP contribution in [0, 0.1) is 0 Å². The fourth-order valence-electron chi connectivity index (χ4n) is 2.05. The van der Waals surface area contributed by atoms with Crippen molar-refractivity contribution in [2.24, 2.45) is 0 Å². The summed E-state index contributed by atoms with van der Waals surface area (Å²) in [6.07, 6.45) is 8.53. The fraction of sp³-hybridized carbons (Fsp3) is 0.312. The van der Waals surface area contributed by atoms with Gasteiger partial charge in [0.2, 0.25) is 0 Å². The number of ketones is 1. The number of benzene rings is 1. The average Bonchev–Trinajstić information content (AvgIpc) is 2.39. The first-order valence-electron chi connectivity index (χ1n) is 6.20. The molecule has 2 rings (SSSR count). The molecule has 1 aromatic carbocycles. The molecule has 0 amide bonds. The summed E-state index contributed by atoms with van der Waals surface area (Å²) in [7, 11) is 0. The minimum Gasteiger partial charge on any atom is -0.295 e. The van der Waals surface area contributed by atoms with Crippen LogP contribution in [0.2, 0.25) is 0 Å². The van der Waals surface area contributed by atoms with Crippen LogP contribution in [0.25, 0.3) is 0 Å². The molecule has 0 N–H and O–H groups in total. The molecule has 0 heterocycles. The molecule has 1 nitrogen and oxygen atoms in total. The normalized spacial score (nSPS) is 19.6. The van der Waals surface area contributed by atoms with Crippen LogP contribution in [0.15, 0.2) is 54.1 Å². The number of carbonyl (C=O) groups excluding carboxylic acids is 1. The van der Waals surface area contributed by atoms with Gasteiger partial charge in [-0.2, -0.15) is 0 Å². The van der Waals surface area contributed by atoms with Crippen LogP contribution in [-0.4, -0.2) is 5.78 Å². The molecule has 88 valence electrons. The maximum atomic E-state index is 11.1. The van der Waals surface area contributed by atoms with Crippen molar-refractivity contribution in [3.63, 3.8) is 0 Å². The van der Waals surface area contributed by atoms with E-state index in [2.05, 4.69) is 37.3 Å². The number of rotatable bonds is 3. The summed E-state index contributed by atoms with van der Waals surface area (Å²) >= 11 is 0. The lowest BCUT2D eigenvalue weighted by Gasteiger charge is -2.11. The first-order chi connectivity index (χ1) is 8.25. The van der Waals surface area contributed by atoms with Crippen molar-refractivity contribution in [1.82, 2.24) is 0 Å². The minimum absolute atomic E-state index is 0.248. The molecule has 1 aromatic rings. The summed E-state index contributed by atoms with van der Waals surface area (Å²) < 4.78 is 0. The Balaban J connectivity index is 1.96. The Morgan fingerprint density at radius 3 is 2.59 bits per heavy atom. The molecule has 1 heteroatoms. The molecule has 0 aromatic heterocycles. The van der Waals surface area contributed by atoms with Gasteiger partial charge in [0, 0.05) is 6.42 Å². The highest BCUT2D eigenvalue weighted by molar-refractivity contribution is 5.91. The molecule has 0 saturated heterocycles. The summed E-state index contributed by atoms with van der Waals surface area (Å²) in [4.78, 5) is 11.1. The van der Waals surface area contributed by atoms with Crippen molar-refractivity contribution in [3.05, 3.63) is 59.7 Å². The molecule has 17 heavy (non-hydrogen) atoms. The number of allylic oxidation sites excluding steroid dienone is 4. The lowest BCUT2D eigenvalue weighted by atomic mass is 9.94. The molecular formula is C16H18O. The number of hydrogen-bond acceptors (Lipinski definition) is 1. The van der Waals surface area contributed by atoms with Crippen LogP contribution < -0.4 is 0 Å². The summed E-state index contributed by atoms with van der Waals surface area (Å²) in [5, 5.41) is 0. The smallest absolute Gasteiger partial charge is 0.156 e. The zero-order valence-electron chi connectivity index (χ0n) is 10.2. The van der Waals surface area contributed by atoms with Crippen LogP contribution in [0.5, 0.6) is 0 Å². The van der Waals surface area contributed by atoms with E-state index in [9.17, 15) is 4.79 Å². The molecule has 1 atom stereocenters. The van der Waals surface area contributed by atoms with Crippen molar-refractivity contribution in [3.8, 4) is 0 Å². The molecule has 0 spiro atoms. The molecule has 1 aliphatic rings. The first-order valence-corrected chi connectivity index (χ1v) is 6.20. The Hall–Kier alpha value is -1.63. The standard InChI is InChI=1S/C16H18O/c1-13(15-5-3-2-4-6-15)7-8-14-9-11-16(17)12-10-14/h2-6,8-9,11,13H,7,10,12H2,1H3/b14-8-. The van der Waals surface area contributed by atoms with Gasteiger partial charge in [-0.25, -0.2) is 0 Å². The van der Waals surface area contributed by atoms with Gasteiger partial charge in [0.1, 0.15) is 0 Å². The zero-order chi connectivity index (χ0) is 12.1. The monoisotopic (exact) mass is 226 g/mol. The Labute approximate surface area is 103 Å². The third-order valence-corrected chi connectivity index (χ3v) is 3.25. The van der Waals surface area contributed by atoms with Gasteiger partial charge in [-0.05, 0) is 30.4 Å². The van der Waals surface area contributed by atoms with Gasteiger partial charge in [0.15, 0.2) is 5.78 Å². The van der Waals surface area contributed by atoms with E-state index in [1.165, 1.54) is 11.1 Å². The predicted octanol–water partition coefficient (Wildman–Crippen LogP) is 4.03. The number of carbonyl (C=O) groups is 1. The highest BCUT2D eigenvalue weighted by atomic mass is 16.1. The largest absolute Gasteiger partial charge is 0.295 e. The van der Waals surface area contributed by atoms with Gasteiger partial charge < -0.3 is 0 Å². The third kappa shape index (κ3) is 3.42. The number of hydrogen-bond donors (Lipinski definition) is 0. The van der Waals surface area contributed by atoms with Gasteiger partial charge >= 0.3 is 0 Å². The first kappa shape index (κ1) is 11.8. The average molecular weight is 226 g/mol. The van der Waals surface area contributed by atoms with Crippen molar-refractivity contribution in [1.29, 1.82) is 0 Å². The van der Waals surface area contributed by atoms with Crippen molar-refractivity contribution >= 4 is 5.78 Å². The van der Waals surface area contributed by atoms with Gasteiger partial charge in [-0.3, -0.25) is 4.79 Å². The Morgan fingerprint density at radius 1 is 1.18 bits per heavy atom. The van der Waals surface area contributed by atoms with E-state index in [-0.39, 0.29) is 5.78 Å². The lowest BCUT2D eigenvalue weighted by Crippen LogP contribution is -2.00. The summed E-state index contributed by atoms with van der Waals surface area (Å²) in [5.74, 6) is 0.785. The van der Waals surface area contributed by atoms with E-state index in [4.69, 9.17) is 0 Å². The molecule has 0 aliphatic heterocycles. The molecular weight excluding hydrogens is 208 g/mol. The molecule has 0 saturated carbocycles. The maximum absolute atomic E-state index is 11.1. The zero-order valence-corrected chi connectivity index (χ0v) is 10.2. The molecule has 0 fully saturated rings. The van der Waals surface area contributed by atoms with Crippen molar-refractivity contribution in [2.75, 3.05) is 0 Å². The van der Waals surface area contributed by atoms with E-state index < -0.39 is 0 Å². The van der Waals surface area contributed by atoms with E-state index >= 15 is 0 Å². The maximum Gasteiger partial charge on any atom is 0.156 e. The topological polar surface area (TPSA) is 17.1 Å².